The zero-order chi connectivity index (χ0) is 13.9. The Kier molecular flexibility index (Phi) is 3.32. The van der Waals surface area contributed by atoms with Crippen molar-refractivity contribution < 1.29 is 9.47 Å². The van der Waals surface area contributed by atoms with E-state index in [1.165, 1.54) is 11.3 Å². The van der Waals surface area contributed by atoms with E-state index in [-0.39, 0.29) is 0 Å². The van der Waals surface area contributed by atoms with Crippen LogP contribution in [-0.4, -0.2) is 13.2 Å². The van der Waals surface area contributed by atoms with E-state index in [4.69, 9.17) is 15.2 Å². The summed E-state index contributed by atoms with van der Waals surface area (Å²) in [5, 5.41) is 11.3. The Hall–Kier alpha value is -2.45. The molecule has 0 aliphatic carbocycles. The highest BCUT2D eigenvalue weighted by Gasteiger charge is 2.19. The van der Waals surface area contributed by atoms with Crippen LogP contribution >= 0.6 is 11.3 Å². The van der Waals surface area contributed by atoms with Gasteiger partial charge in [-0.3, -0.25) is 0 Å². The first-order valence-corrected chi connectivity index (χ1v) is 7.02. The second-order valence-corrected chi connectivity index (χ2v) is 5.16. The fraction of sp³-hybridized carbons (Fsp3) is 0.133. The number of ether oxygens (including phenoxy) is 2. The molecule has 0 fully saturated rings. The lowest BCUT2D eigenvalue weighted by molar-refractivity contribution is 0.171. The summed E-state index contributed by atoms with van der Waals surface area (Å²) in [6, 6.07) is 11.5. The maximum absolute atomic E-state index is 9.38. The molecular formula is C15H12N2O2S. The lowest BCUT2D eigenvalue weighted by Gasteiger charge is -2.21. The molecule has 1 aromatic carbocycles. The minimum absolute atomic E-state index is 0.414. The van der Waals surface area contributed by atoms with E-state index in [0.717, 1.165) is 4.88 Å². The van der Waals surface area contributed by atoms with Crippen LogP contribution in [-0.2, 0) is 0 Å². The monoisotopic (exact) mass is 284 g/mol. The number of nitrogens with two attached hydrogens (primary N) is 1. The molecule has 5 heteroatoms. The highest BCUT2D eigenvalue weighted by Crippen LogP contribution is 2.38. The van der Waals surface area contributed by atoms with Gasteiger partial charge in [0.05, 0.1) is 11.3 Å². The summed E-state index contributed by atoms with van der Waals surface area (Å²) >= 11 is 1.48. The molecule has 2 aromatic rings. The van der Waals surface area contributed by atoms with Crippen LogP contribution in [0.1, 0.15) is 10.4 Å². The van der Waals surface area contributed by atoms with Gasteiger partial charge in [0.1, 0.15) is 19.3 Å². The zero-order valence-electron chi connectivity index (χ0n) is 10.6. The Labute approximate surface area is 120 Å². The molecule has 0 saturated heterocycles. The van der Waals surface area contributed by atoms with Crippen LogP contribution in [0, 0.1) is 11.3 Å². The third kappa shape index (κ3) is 2.10. The number of rotatable bonds is 2. The number of hydrogen-bond acceptors (Lipinski definition) is 5. The van der Waals surface area contributed by atoms with Gasteiger partial charge in [-0.2, -0.15) is 5.26 Å². The summed E-state index contributed by atoms with van der Waals surface area (Å²) in [7, 11) is 0. The number of fused-ring (bicyclic) bond motifs is 1. The quantitative estimate of drug-likeness (QED) is 0.861. The molecule has 100 valence electrons. The number of para-hydroxylation sites is 1. The van der Waals surface area contributed by atoms with E-state index in [2.05, 4.69) is 6.07 Å². The van der Waals surface area contributed by atoms with Crippen molar-refractivity contribution in [1.29, 1.82) is 5.26 Å². The van der Waals surface area contributed by atoms with E-state index in [1.54, 1.807) is 0 Å². The third-order valence-corrected chi connectivity index (χ3v) is 3.89. The average Bonchev–Trinajstić information content (AvgIpc) is 3.01. The summed E-state index contributed by atoms with van der Waals surface area (Å²) < 4.78 is 11.2. The van der Waals surface area contributed by atoms with Crippen LogP contribution in [0.5, 0.6) is 11.5 Å². The molecule has 1 aromatic heterocycles. The number of allylic oxidation sites excluding steroid dienone is 1. The van der Waals surface area contributed by atoms with Crippen LogP contribution < -0.4 is 15.2 Å². The van der Waals surface area contributed by atoms with Gasteiger partial charge in [-0.1, -0.05) is 12.1 Å². The van der Waals surface area contributed by atoms with Crippen LogP contribution in [0.15, 0.2) is 35.7 Å². The summed E-state index contributed by atoms with van der Waals surface area (Å²) in [4.78, 5) is 0.847. The summed E-state index contributed by atoms with van der Waals surface area (Å²) in [6.45, 7) is 1.01. The molecule has 2 heterocycles. The number of thiophene rings is 1. The summed E-state index contributed by atoms with van der Waals surface area (Å²) in [5.74, 6) is 1.28. The second-order valence-electron chi connectivity index (χ2n) is 4.21. The predicted molar refractivity (Wildman–Crippen MR) is 78.4 cm³/mol. The van der Waals surface area contributed by atoms with Crippen molar-refractivity contribution in [2.45, 2.75) is 0 Å². The van der Waals surface area contributed by atoms with E-state index in [1.807, 2.05) is 35.7 Å². The molecule has 4 nitrogen and oxygen atoms in total. The van der Waals surface area contributed by atoms with Gasteiger partial charge in [0.25, 0.3) is 0 Å². The van der Waals surface area contributed by atoms with Crippen molar-refractivity contribution in [3.8, 4) is 17.6 Å². The van der Waals surface area contributed by atoms with Crippen molar-refractivity contribution in [3.05, 3.63) is 46.2 Å². The van der Waals surface area contributed by atoms with Gasteiger partial charge in [0.15, 0.2) is 11.5 Å². The molecule has 0 atom stereocenters. The highest BCUT2D eigenvalue weighted by atomic mass is 32.1. The Morgan fingerprint density at radius 1 is 1.20 bits per heavy atom. The Morgan fingerprint density at radius 3 is 2.80 bits per heavy atom. The van der Waals surface area contributed by atoms with Crippen LogP contribution in [0.25, 0.3) is 11.3 Å². The molecule has 3 rings (SSSR count). The fourth-order valence-corrected chi connectivity index (χ4v) is 2.82. The van der Waals surface area contributed by atoms with Gasteiger partial charge in [-0.15, -0.1) is 11.3 Å². The molecule has 1 aliphatic rings. The van der Waals surface area contributed by atoms with Crippen molar-refractivity contribution >= 4 is 22.6 Å². The van der Waals surface area contributed by atoms with E-state index < -0.39 is 0 Å². The van der Waals surface area contributed by atoms with Crippen LogP contribution in [0.4, 0.5) is 0 Å². The standard InChI is InChI=1S/C15H12N2O2S/c16-9-11(13-5-2-8-20-13)14(17)10-3-1-4-12-15(10)19-7-6-18-12/h1-5,8H,6-7,17H2/b14-11-. The molecule has 0 amide bonds. The maximum Gasteiger partial charge on any atom is 0.170 e. The van der Waals surface area contributed by atoms with Gasteiger partial charge in [0, 0.05) is 10.4 Å². The molecule has 1 aliphatic heterocycles. The second kappa shape index (κ2) is 5.27. The summed E-state index contributed by atoms with van der Waals surface area (Å²) in [5.41, 5.74) is 7.77. The fourth-order valence-electron chi connectivity index (χ4n) is 2.09. The number of nitriles is 1. The minimum atomic E-state index is 0.414. The topological polar surface area (TPSA) is 68.3 Å². The van der Waals surface area contributed by atoms with Crippen molar-refractivity contribution in [2.75, 3.05) is 13.2 Å². The van der Waals surface area contributed by atoms with Gasteiger partial charge < -0.3 is 15.2 Å². The molecular weight excluding hydrogens is 272 g/mol. The number of nitrogens with zero attached hydrogens (tertiary/aromatic N) is 1. The van der Waals surface area contributed by atoms with E-state index in [0.29, 0.717) is 41.5 Å². The summed E-state index contributed by atoms with van der Waals surface area (Å²) in [6.07, 6.45) is 0. The van der Waals surface area contributed by atoms with Crippen molar-refractivity contribution in [2.24, 2.45) is 5.73 Å². The molecule has 20 heavy (non-hydrogen) atoms. The highest BCUT2D eigenvalue weighted by molar-refractivity contribution is 7.11. The van der Waals surface area contributed by atoms with E-state index in [9.17, 15) is 5.26 Å². The molecule has 0 saturated carbocycles. The van der Waals surface area contributed by atoms with Crippen molar-refractivity contribution in [3.63, 3.8) is 0 Å². The van der Waals surface area contributed by atoms with Gasteiger partial charge in [-0.05, 0) is 23.6 Å². The average molecular weight is 284 g/mol. The van der Waals surface area contributed by atoms with Crippen LogP contribution in [0.3, 0.4) is 0 Å². The van der Waals surface area contributed by atoms with E-state index >= 15 is 0 Å². The largest absolute Gasteiger partial charge is 0.486 e. The molecule has 0 unspecified atom stereocenters. The number of hydrogen-bond donors (Lipinski definition) is 1. The zero-order valence-corrected chi connectivity index (χ0v) is 11.4. The molecule has 0 radical (unpaired) electrons. The smallest absolute Gasteiger partial charge is 0.170 e. The predicted octanol–water partition coefficient (Wildman–Crippen LogP) is 2.87. The SMILES string of the molecule is N#C/C(=C(/N)c1cccc2c1OCCO2)c1cccs1. The first-order chi connectivity index (χ1) is 9.81. The maximum atomic E-state index is 9.38. The van der Waals surface area contributed by atoms with Gasteiger partial charge in [-0.25, -0.2) is 0 Å². The normalized spacial score (nSPS) is 14.3. The van der Waals surface area contributed by atoms with Crippen LogP contribution in [0.2, 0.25) is 0 Å². The lowest BCUT2D eigenvalue weighted by Crippen LogP contribution is -2.17. The molecule has 0 bridgehead atoms. The number of benzene rings is 1. The Bertz CT molecular complexity index is 699. The Balaban J connectivity index is 2.15. The minimum Gasteiger partial charge on any atom is -0.486 e. The Morgan fingerprint density at radius 2 is 2.05 bits per heavy atom. The van der Waals surface area contributed by atoms with Gasteiger partial charge >= 0.3 is 0 Å². The lowest BCUT2D eigenvalue weighted by atomic mass is 10.0. The van der Waals surface area contributed by atoms with Crippen molar-refractivity contribution in [1.82, 2.24) is 0 Å². The van der Waals surface area contributed by atoms with Gasteiger partial charge in [0.2, 0.25) is 0 Å². The first-order valence-electron chi connectivity index (χ1n) is 6.14. The first kappa shape index (κ1) is 12.6. The molecule has 2 N–H and O–H groups in total. The molecule has 0 spiro atoms. The third-order valence-electron chi connectivity index (χ3n) is 3.01.